The molecule has 5 heteroatoms. The predicted octanol–water partition coefficient (Wildman–Crippen LogP) is 0.413. The van der Waals surface area contributed by atoms with Crippen molar-refractivity contribution in [1.82, 2.24) is 10.4 Å². The molecule has 1 aromatic rings. The second-order valence-electron chi connectivity index (χ2n) is 1.79. The summed E-state index contributed by atoms with van der Waals surface area (Å²) < 4.78 is 0. The van der Waals surface area contributed by atoms with Crippen LogP contribution in [0.1, 0.15) is 12.6 Å². The highest BCUT2D eigenvalue weighted by Gasteiger charge is 1.88. The van der Waals surface area contributed by atoms with Crippen LogP contribution in [0.5, 0.6) is 0 Å². The van der Waals surface area contributed by atoms with Gasteiger partial charge in [-0.15, -0.1) is 11.3 Å². The van der Waals surface area contributed by atoms with Crippen molar-refractivity contribution < 1.29 is 4.79 Å². The van der Waals surface area contributed by atoms with Gasteiger partial charge in [0.2, 0.25) is 5.91 Å². The number of carbonyl (C=O) groups excluding carboxylic acids is 1. The molecule has 0 bridgehead atoms. The maximum atomic E-state index is 10.3. The molecule has 0 fully saturated rings. The summed E-state index contributed by atoms with van der Waals surface area (Å²) >= 11 is 1.36. The molecule has 0 atom stereocenters. The van der Waals surface area contributed by atoms with E-state index in [0.717, 1.165) is 0 Å². The van der Waals surface area contributed by atoms with Gasteiger partial charge in [0, 0.05) is 12.3 Å². The molecule has 0 unspecified atom stereocenters. The molecule has 1 rings (SSSR count). The molecule has 1 radical (unpaired) electrons. The van der Waals surface area contributed by atoms with Crippen LogP contribution in [0.4, 0.5) is 0 Å². The molecule has 1 amide bonds. The van der Waals surface area contributed by atoms with Crippen molar-refractivity contribution in [3.63, 3.8) is 0 Å². The molecular formula is C6H6N3OS. The quantitative estimate of drug-likeness (QED) is 0.513. The third-order valence-corrected chi connectivity index (χ3v) is 1.38. The van der Waals surface area contributed by atoms with Crippen LogP contribution in [-0.4, -0.2) is 17.1 Å². The summed E-state index contributed by atoms with van der Waals surface area (Å²) in [6.45, 7) is 1.39. The zero-order chi connectivity index (χ0) is 8.10. The SMILES string of the molecule is CC(=O)NN=Cc1cs[c]n1. The van der Waals surface area contributed by atoms with Crippen molar-refractivity contribution in [1.29, 1.82) is 0 Å². The number of nitrogens with zero attached hydrogens (tertiary/aromatic N) is 2. The molecule has 57 valence electrons. The van der Waals surface area contributed by atoms with E-state index in [9.17, 15) is 4.79 Å². The summed E-state index contributed by atoms with van der Waals surface area (Å²) in [6.07, 6.45) is 1.47. The topological polar surface area (TPSA) is 54.4 Å². The summed E-state index contributed by atoms with van der Waals surface area (Å²) in [4.78, 5) is 14.1. The Balaban J connectivity index is 2.43. The van der Waals surface area contributed by atoms with Gasteiger partial charge in [-0.3, -0.25) is 4.79 Å². The molecule has 0 spiro atoms. The van der Waals surface area contributed by atoms with Crippen LogP contribution in [0.2, 0.25) is 0 Å². The lowest BCUT2D eigenvalue weighted by Gasteiger charge is -1.87. The zero-order valence-electron chi connectivity index (χ0n) is 5.87. The maximum Gasteiger partial charge on any atom is 0.236 e. The molecule has 1 N–H and O–H groups in total. The lowest BCUT2D eigenvalue weighted by molar-refractivity contribution is -0.118. The highest BCUT2D eigenvalue weighted by Crippen LogP contribution is 1.95. The molecule has 0 aliphatic rings. The van der Waals surface area contributed by atoms with E-state index >= 15 is 0 Å². The highest BCUT2D eigenvalue weighted by atomic mass is 32.1. The van der Waals surface area contributed by atoms with Crippen LogP contribution in [-0.2, 0) is 4.79 Å². The van der Waals surface area contributed by atoms with E-state index in [2.05, 4.69) is 21.0 Å². The van der Waals surface area contributed by atoms with Gasteiger partial charge in [-0.2, -0.15) is 5.10 Å². The number of hydrogen-bond acceptors (Lipinski definition) is 4. The number of thiazole rings is 1. The Labute approximate surface area is 68.0 Å². The maximum absolute atomic E-state index is 10.3. The Morgan fingerprint density at radius 2 is 2.82 bits per heavy atom. The molecule has 4 nitrogen and oxygen atoms in total. The van der Waals surface area contributed by atoms with Crippen molar-refractivity contribution >= 4 is 23.5 Å². The first-order valence-corrected chi connectivity index (χ1v) is 3.78. The average molecular weight is 168 g/mol. The molecule has 0 saturated carbocycles. The first-order valence-electron chi connectivity index (χ1n) is 2.90. The molecule has 0 aliphatic heterocycles. The minimum absolute atomic E-state index is 0.194. The van der Waals surface area contributed by atoms with E-state index in [0.29, 0.717) is 5.69 Å². The highest BCUT2D eigenvalue weighted by molar-refractivity contribution is 7.07. The average Bonchev–Trinajstić information content (AvgIpc) is 2.39. The number of hydrazone groups is 1. The molecule has 1 heterocycles. The van der Waals surface area contributed by atoms with Gasteiger partial charge in [0.1, 0.15) is 0 Å². The van der Waals surface area contributed by atoms with Crippen LogP contribution < -0.4 is 5.43 Å². The summed E-state index contributed by atoms with van der Waals surface area (Å²) in [6, 6.07) is 0. The number of hydrogen-bond donors (Lipinski definition) is 1. The normalized spacial score (nSPS) is 10.3. The van der Waals surface area contributed by atoms with Crippen molar-refractivity contribution in [3.05, 3.63) is 16.6 Å². The lowest BCUT2D eigenvalue weighted by atomic mass is 10.6. The van der Waals surface area contributed by atoms with Crippen LogP contribution in [0, 0.1) is 5.51 Å². The molecule has 1 aromatic heterocycles. The minimum atomic E-state index is -0.194. The molecule has 0 saturated heterocycles. The Morgan fingerprint density at radius 1 is 2.00 bits per heavy atom. The predicted molar refractivity (Wildman–Crippen MR) is 42.4 cm³/mol. The van der Waals surface area contributed by atoms with Gasteiger partial charge in [-0.05, 0) is 0 Å². The van der Waals surface area contributed by atoms with Crippen molar-refractivity contribution in [2.45, 2.75) is 6.92 Å². The Bertz CT molecular complexity index is 255. The van der Waals surface area contributed by atoms with E-state index in [1.54, 1.807) is 5.38 Å². The summed E-state index contributed by atoms with van der Waals surface area (Å²) in [5, 5.41) is 5.40. The Kier molecular flexibility index (Phi) is 2.74. The van der Waals surface area contributed by atoms with Gasteiger partial charge in [-0.25, -0.2) is 10.4 Å². The van der Waals surface area contributed by atoms with E-state index in [1.807, 2.05) is 0 Å². The first-order chi connectivity index (χ1) is 5.29. The summed E-state index contributed by atoms with van der Waals surface area (Å²) in [7, 11) is 0. The van der Waals surface area contributed by atoms with Gasteiger partial charge in [0.05, 0.1) is 11.9 Å². The van der Waals surface area contributed by atoms with Crippen LogP contribution in [0.3, 0.4) is 0 Å². The first kappa shape index (κ1) is 7.87. The Morgan fingerprint density at radius 3 is 3.36 bits per heavy atom. The van der Waals surface area contributed by atoms with E-state index < -0.39 is 0 Å². The zero-order valence-corrected chi connectivity index (χ0v) is 6.68. The fourth-order valence-electron chi connectivity index (χ4n) is 0.441. The van der Waals surface area contributed by atoms with Crippen molar-refractivity contribution in [2.75, 3.05) is 0 Å². The second kappa shape index (κ2) is 3.82. The van der Waals surface area contributed by atoms with Gasteiger partial charge >= 0.3 is 0 Å². The number of aromatic nitrogens is 1. The standard InChI is InChI=1S/C6H6N3OS/c1-5(10)9-8-2-6-3-11-4-7-6/h2-3H,1H3,(H,9,10). The number of carbonyl (C=O) groups is 1. The van der Waals surface area contributed by atoms with E-state index in [4.69, 9.17) is 0 Å². The largest absolute Gasteiger partial charge is 0.274 e. The fourth-order valence-corrected chi connectivity index (χ4v) is 0.886. The van der Waals surface area contributed by atoms with Crippen LogP contribution >= 0.6 is 11.3 Å². The molecule has 11 heavy (non-hydrogen) atoms. The van der Waals surface area contributed by atoms with E-state index in [1.165, 1.54) is 24.5 Å². The third-order valence-electron chi connectivity index (χ3n) is 0.826. The molecule has 0 aromatic carbocycles. The Hall–Kier alpha value is -1.23. The smallest absolute Gasteiger partial charge is 0.236 e. The summed E-state index contributed by atoms with van der Waals surface area (Å²) in [5.41, 5.74) is 5.62. The van der Waals surface area contributed by atoms with Crippen molar-refractivity contribution in [3.8, 4) is 0 Å². The monoisotopic (exact) mass is 168 g/mol. The van der Waals surface area contributed by atoms with Gasteiger partial charge < -0.3 is 0 Å². The van der Waals surface area contributed by atoms with Gasteiger partial charge in [0.15, 0.2) is 5.51 Å². The molecule has 0 aliphatic carbocycles. The third kappa shape index (κ3) is 2.90. The van der Waals surface area contributed by atoms with Gasteiger partial charge in [0.25, 0.3) is 0 Å². The number of rotatable bonds is 2. The van der Waals surface area contributed by atoms with Crippen molar-refractivity contribution in [2.24, 2.45) is 5.10 Å². The van der Waals surface area contributed by atoms with Crippen LogP contribution in [0.25, 0.3) is 0 Å². The van der Waals surface area contributed by atoms with Crippen LogP contribution in [0.15, 0.2) is 10.5 Å². The minimum Gasteiger partial charge on any atom is -0.274 e. The lowest BCUT2D eigenvalue weighted by Crippen LogP contribution is -2.12. The molecular weight excluding hydrogens is 162 g/mol. The fraction of sp³-hybridized carbons (Fsp3) is 0.167. The van der Waals surface area contributed by atoms with E-state index in [-0.39, 0.29) is 5.91 Å². The summed E-state index contributed by atoms with van der Waals surface area (Å²) in [5.74, 6) is -0.194. The van der Waals surface area contributed by atoms with Gasteiger partial charge in [-0.1, -0.05) is 0 Å². The second-order valence-corrected chi connectivity index (χ2v) is 2.44. The number of amides is 1. The number of nitrogens with one attached hydrogen (secondary N) is 1.